The Morgan fingerprint density at radius 3 is 1.01 bits per heavy atom. The van der Waals surface area contributed by atoms with Crippen molar-refractivity contribution in [3.8, 4) is 24.8 Å². The molecule has 4 aromatic heterocycles. The topological polar surface area (TPSA) is 385 Å². The molecule has 0 saturated carbocycles. The Kier molecular flexibility index (Phi) is 33.5. The van der Waals surface area contributed by atoms with Gasteiger partial charge in [0.05, 0.1) is 69.0 Å². The molecule has 0 radical (unpaired) electrons. The SMILES string of the molecule is C.CC[C@]12C=C(C)n3c(c(CCCC(=O)c4ccc(C)cc4)c4ccccc43)[C@H]1N(C#N)CCC2.CC[C@]12C=C(C)n3c(c(CCN)c4ccccc43)[C@H]1N(C#N)CCC2.CC[C@]12C=C(C)n3c(c(CCN=[N+]=[N-])c4ccccc43)[C@H]1N(C#N)CCC2.CC[C@]12C=C(C)n3c(c(CCNC(C)=O)c4ccccc43)[C@H]1N(C#N)CCC2.O=C=O.O=C=O.O=C=O.O=C=O. The molecule has 8 atom stereocenters. The quantitative estimate of drug-likeness (QED) is 0.0281. The Balaban J connectivity index is 0.000000184. The molecule has 0 spiro atoms. The van der Waals surface area contributed by atoms with Gasteiger partial charge in [0.25, 0.3) is 0 Å². The predicted molar refractivity (Wildman–Crippen MR) is 484 cm³/mol. The van der Waals surface area contributed by atoms with Crippen LogP contribution in [0, 0.1) is 74.4 Å². The summed E-state index contributed by atoms with van der Waals surface area (Å²) in [6.45, 7) is 26.3. The first-order valence-electron chi connectivity index (χ1n) is 43.5. The average Bonchev–Trinajstić information content (AvgIpc) is 1.60. The molecule has 1 amide bonds. The number of Topliss-reactive ketones (excluding diaryl/α,β-unsaturated/α-hetero) is 1. The number of likely N-dealkylation sites (tertiary alicyclic amines) is 4. The number of para-hydroxylation sites is 4. The van der Waals surface area contributed by atoms with E-state index < -0.39 is 0 Å². The van der Waals surface area contributed by atoms with E-state index in [2.05, 4.69) is 235 Å². The van der Waals surface area contributed by atoms with Crippen molar-refractivity contribution in [1.82, 2.24) is 43.2 Å². The van der Waals surface area contributed by atoms with Crippen LogP contribution in [0.4, 0.5) is 0 Å². The van der Waals surface area contributed by atoms with Gasteiger partial charge in [0.15, 0.2) is 30.6 Å². The van der Waals surface area contributed by atoms with Crippen LogP contribution in [0.2, 0.25) is 0 Å². The maximum absolute atomic E-state index is 12.8. The monoisotopic (exact) mass is 1710 g/mol. The van der Waals surface area contributed by atoms with Crippen molar-refractivity contribution in [3.63, 3.8) is 0 Å². The summed E-state index contributed by atoms with van der Waals surface area (Å²) in [5.74, 6) is 0.195. The van der Waals surface area contributed by atoms with Crippen molar-refractivity contribution in [2.24, 2.45) is 32.5 Å². The fourth-order valence-corrected chi connectivity index (χ4v) is 22.2. The number of fused-ring (bicyclic) bond motifs is 20. The highest BCUT2D eigenvalue weighted by atomic mass is 16.2. The van der Waals surface area contributed by atoms with E-state index in [1.54, 1.807) is 6.92 Å². The van der Waals surface area contributed by atoms with E-state index in [0.717, 1.165) is 134 Å². The van der Waals surface area contributed by atoms with Crippen LogP contribution in [0.25, 0.3) is 76.8 Å². The second kappa shape index (κ2) is 43.8. The van der Waals surface area contributed by atoms with Crippen LogP contribution >= 0.6 is 0 Å². The molecule has 127 heavy (non-hydrogen) atoms. The summed E-state index contributed by atoms with van der Waals surface area (Å²) in [4.78, 5) is 100. The van der Waals surface area contributed by atoms with Gasteiger partial charge in [0, 0.05) is 129 Å². The molecular weight excluding hydrogens is 1600 g/mol. The lowest BCUT2D eigenvalue weighted by atomic mass is 9.67. The first kappa shape index (κ1) is 97.1. The number of piperidine rings is 4. The largest absolute Gasteiger partial charge is 0.373 e. The van der Waals surface area contributed by atoms with Gasteiger partial charge in [-0.05, 0) is 202 Å². The van der Waals surface area contributed by atoms with Crippen LogP contribution in [0.3, 0.4) is 0 Å². The number of nitrogens with one attached hydrogen (secondary N) is 1. The number of carbonyl (C=O) groups excluding carboxylic acids is 10. The van der Waals surface area contributed by atoms with E-state index in [1.165, 1.54) is 117 Å². The second-order valence-electron chi connectivity index (χ2n) is 33.5. The third kappa shape index (κ3) is 19.0. The molecule has 8 aliphatic heterocycles. The molecule has 4 fully saturated rings. The molecule has 8 aliphatic rings. The molecule has 12 heterocycles. The van der Waals surface area contributed by atoms with Gasteiger partial charge < -0.3 is 48.9 Å². The van der Waals surface area contributed by atoms with E-state index >= 15 is 0 Å². The fourth-order valence-electron chi connectivity index (χ4n) is 22.2. The number of benzene rings is 5. The molecule has 27 heteroatoms. The number of allylic oxidation sites excluding steroid dienone is 4. The van der Waals surface area contributed by atoms with Gasteiger partial charge >= 0.3 is 24.6 Å². The fraction of sp³-hybridized carbons (Fsp3) is 0.440. The third-order valence-corrected chi connectivity index (χ3v) is 27.1. The van der Waals surface area contributed by atoms with Gasteiger partial charge in [-0.25, -0.2) is 0 Å². The highest BCUT2D eigenvalue weighted by Crippen LogP contribution is 2.60. The number of nitrogens with zero attached hydrogens (tertiary/aromatic N) is 15. The number of aromatic nitrogens is 4. The standard InChI is InChI=1S/C30H33N3O.C23H28N4O.C21H24N6.C21H26N4.4CO2.CH4/c1-4-30-17-8-18-32(20-31)29(30)28-25(10-7-12-27(34)23-15-13-21(2)14-16-23)24-9-5-6-11-26(24)33(28)22(3)19-30;1-4-23-11-7-13-26(15-24)22(23)21-19(10-12-25-17(3)28)18-8-5-6-9-20(18)27(21)16(2)14-23;1-3-21-10-6-12-26(14-22)20(21)19-17(9-11-24-25-23)16-7-4-5-8-18(16)27(19)15(2)13-21;1-3-21-10-6-12-24(14-23)20(21)19-17(9-11-22)16-7-4-5-8-18(16)25(19)15(2)13-21;4*2-1-3;/h5-6,9,11,13-16,19,29H,4,7-8,10,12,17-18H2,1-3H3;5-6,8-9,14,22H,4,7,10-13H2,1-3H3,(H,25,28);4-5,7-8,13,20H,3,6,9-12H2,1-2H3;4-5,7-8,13,20H,3,6,9-12,22H2,1-2H3;;;;;1H4/t29-,30+;22-,23+;2*20-,21+;;;;;/m1111...../s1. The van der Waals surface area contributed by atoms with Gasteiger partial charge in [-0.15, -0.1) is 0 Å². The Morgan fingerprint density at radius 2 is 0.732 bits per heavy atom. The zero-order valence-corrected chi connectivity index (χ0v) is 73.7. The summed E-state index contributed by atoms with van der Waals surface area (Å²) in [6.07, 6.45) is 37.9. The lowest BCUT2D eigenvalue weighted by Crippen LogP contribution is -2.46. The average molecular weight is 1720 g/mol. The summed E-state index contributed by atoms with van der Waals surface area (Å²) in [5, 5.41) is 51.5. The molecule has 17 rings (SSSR count). The number of hydrogen-bond donors (Lipinski definition) is 2. The predicted octanol–water partition coefficient (Wildman–Crippen LogP) is 19.0. The normalized spacial score (nSPS) is 21.3. The Labute approximate surface area is 742 Å². The van der Waals surface area contributed by atoms with Crippen molar-refractivity contribution in [2.75, 3.05) is 45.8 Å². The number of carbonyl (C=O) groups is 2. The van der Waals surface area contributed by atoms with Crippen molar-refractivity contribution < 1.29 is 47.9 Å². The maximum Gasteiger partial charge on any atom is 0.373 e. The van der Waals surface area contributed by atoms with Crippen molar-refractivity contribution in [2.45, 2.75) is 216 Å². The number of ketones is 1. The van der Waals surface area contributed by atoms with Gasteiger partial charge in [-0.2, -0.15) is 59.4 Å². The van der Waals surface area contributed by atoms with E-state index in [0.29, 0.717) is 32.5 Å². The number of nitrogens with two attached hydrogens (primary N) is 1. The molecule has 9 aromatic rings. The van der Waals surface area contributed by atoms with E-state index in [1.807, 2.05) is 50.8 Å². The first-order valence-corrected chi connectivity index (χ1v) is 43.5. The van der Waals surface area contributed by atoms with Gasteiger partial charge in [-0.3, -0.25) is 9.59 Å². The molecule has 0 aliphatic carbocycles. The minimum atomic E-state index is -0.0189. The second-order valence-corrected chi connectivity index (χ2v) is 33.5. The van der Waals surface area contributed by atoms with E-state index in [9.17, 15) is 30.6 Å². The summed E-state index contributed by atoms with van der Waals surface area (Å²) in [7, 11) is 0. The minimum absolute atomic E-state index is 0. The van der Waals surface area contributed by atoms with Crippen molar-refractivity contribution >= 4 is 103 Å². The first-order chi connectivity index (χ1) is 61.0. The van der Waals surface area contributed by atoms with Gasteiger partial charge in [0.2, 0.25) is 5.91 Å². The summed E-state index contributed by atoms with van der Waals surface area (Å²) >= 11 is 0. The van der Waals surface area contributed by atoms with Crippen LogP contribution in [0.1, 0.15) is 245 Å². The maximum atomic E-state index is 12.8. The van der Waals surface area contributed by atoms with E-state index in [4.69, 9.17) is 49.6 Å². The number of azide groups is 1. The summed E-state index contributed by atoms with van der Waals surface area (Å²) < 4.78 is 9.46. The van der Waals surface area contributed by atoms with Crippen LogP contribution in [-0.2, 0) is 68.8 Å². The van der Waals surface area contributed by atoms with Crippen molar-refractivity contribution in [1.29, 1.82) is 21.0 Å². The smallest absolute Gasteiger partial charge is 0.356 e. The lowest BCUT2D eigenvalue weighted by Gasteiger charge is -2.49. The Morgan fingerprint density at radius 1 is 0.449 bits per heavy atom. The molecule has 0 unspecified atom stereocenters. The molecule has 660 valence electrons. The molecule has 3 N–H and O–H groups in total. The minimum Gasteiger partial charge on any atom is -0.356 e. The Hall–Kier alpha value is -13.7. The molecule has 4 saturated heterocycles. The summed E-state index contributed by atoms with van der Waals surface area (Å²) in [6, 6.07) is 42.2. The lowest BCUT2D eigenvalue weighted by molar-refractivity contribution is -0.193. The van der Waals surface area contributed by atoms with E-state index in [-0.39, 0.29) is 89.6 Å². The molecule has 0 bridgehead atoms. The van der Waals surface area contributed by atoms with Crippen LogP contribution in [0.15, 0.2) is 151 Å². The number of nitriles is 4. The highest BCUT2D eigenvalue weighted by Gasteiger charge is 2.53. The van der Waals surface area contributed by atoms with Crippen LogP contribution in [-0.4, -0.2) is 120 Å². The molecule has 27 nitrogen and oxygen atoms in total. The summed E-state index contributed by atoms with van der Waals surface area (Å²) in [5.41, 5.74) is 36.6. The zero-order chi connectivity index (χ0) is 91.2. The highest BCUT2D eigenvalue weighted by molar-refractivity contribution is 5.97. The van der Waals surface area contributed by atoms with Gasteiger partial charge in [-0.1, -0.05) is 167 Å². The van der Waals surface area contributed by atoms with Crippen molar-refractivity contribution in [3.05, 3.63) is 212 Å². The number of amides is 1. The number of rotatable bonds is 17. The van der Waals surface area contributed by atoms with Crippen LogP contribution in [0.5, 0.6) is 0 Å². The third-order valence-electron chi connectivity index (χ3n) is 27.1. The number of hydrogen-bond acceptors (Lipinski definition) is 20. The van der Waals surface area contributed by atoms with Crippen LogP contribution < -0.4 is 11.1 Å². The molecular formula is C100H115N17O10. The Bertz CT molecular complexity index is 5970. The number of aryl methyl sites for hydroxylation is 2. The van der Waals surface area contributed by atoms with Gasteiger partial charge in [0.1, 0.15) is 0 Å². The molecule has 5 aromatic carbocycles. The zero-order valence-electron chi connectivity index (χ0n) is 73.7.